The molecule has 2 unspecified atom stereocenters. The third kappa shape index (κ3) is 4.41. The van der Waals surface area contributed by atoms with E-state index in [2.05, 4.69) is 50.2 Å². The van der Waals surface area contributed by atoms with Gasteiger partial charge in [0.1, 0.15) is 17.4 Å². The van der Waals surface area contributed by atoms with Crippen LogP contribution in [0.25, 0.3) is 10.6 Å². The van der Waals surface area contributed by atoms with Gasteiger partial charge in [-0.25, -0.2) is 4.98 Å². The molecule has 0 saturated carbocycles. The number of carboxylic acid groups (broad SMARTS) is 1. The van der Waals surface area contributed by atoms with Gasteiger partial charge in [0.15, 0.2) is 0 Å². The maximum absolute atomic E-state index is 11.3. The quantitative estimate of drug-likeness (QED) is 0.519. The molecule has 2 aromatic carbocycles. The Morgan fingerprint density at radius 1 is 1.20 bits per heavy atom. The Morgan fingerprint density at radius 3 is 2.70 bits per heavy atom. The Balaban J connectivity index is 1.48. The molecule has 1 aromatic heterocycles. The highest BCUT2D eigenvalue weighted by atomic mass is 32.1. The molecule has 4 rings (SSSR count). The van der Waals surface area contributed by atoms with Crippen molar-refractivity contribution in [3.05, 3.63) is 69.7 Å². The van der Waals surface area contributed by atoms with E-state index in [1.165, 1.54) is 16.7 Å². The van der Waals surface area contributed by atoms with E-state index in [-0.39, 0.29) is 12.3 Å². The second kappa shape index (κ2) is 8.60. The van der Waals surface area contributed by atoms with Gasteiger partial charge in [-0.05, 0) is 61.8 Å². The predicted molar refractivity (Wildman–Crippen MR) is 120 cm³/mol. The highest BCUT2D eigenvalue weighted by Crippen LogP contribution is 2.40. The highest BCUT2D eigenvalue weighted by Gasteiger charge is 2.28. The van der Waals surface area contributed by atoms with Crippen LogP contribution in [0.4, 0.5) is 0 Å². The Labute approximate surface area is 181 Å². The molecule has 2 atom stereocenters. The Hall–Kier alpha value is -2.66. The number of thiazole rings is 1. The number of nitrogens with zero attached hydrogens (tertiary/aromatic N) is 1. The predicted octanol–water partition coefficient (Wildman–Crippen LogP) is 6.15. The molecule has 0 bridgehead atoms. The zero-order valence-corrected chi connectivity index (χ0v) is 18.5. The molecule has 3 aromatic rings. The summed E-state index contributed by atoms with van der Waals surface area (Å²) in [6, 6.07) is 14.6. The van der Waals surface area contributed by atoms with E-state index in [0.717, 1.165) is 39.7 Å². The molecule has 0 aliphatic heterocycles. The van der Waals surface area contributed by atoms with Crippen LogP contribution in [0.2, 0.25) is 0 Å². The topological polar surface area (TPSA) is 59.4 Å². The summed E-state index contributed by atoms with van der Waals surface area (Å²) in [5.74, 6) is 0.577. The maximum atomic E-state index is 11.3. The van der Waals surface area contributed by atoms with Gasteiger partial charge in [-0.1, -0.05) is 42.8 Å². The number of hydrogen-bond donors (Lipinski definition) is 1. The van der Waals surface area contributed by atoms with Gasteiger partial charge in [0.25, 0.3) is 0 Å². The molecule has 1 heterocycles. The molecule has 1 aliphatic carbocycles. The summed E-state index contributed by atoms with van der Waals surface area (Å²) in [5, 5.41) is 10.3. The summed E-state index contributed by atoms with van der Waals surface area (Å²) in [6.45, 7) is 6.75. The van der Waals surface area contributed by atoms with Gasteiger partial charge < -0.3 is 9.84 Å². The third-order valence-corrected chi connectivity index (χ3v) is 7.21. The van der Waals surface area contributed by atoms with Gasteiger partial charge in [0, 0.05) is 5.56 Å². The first-order valence-corrected chi connectivity index (χ1v) is 11.2. The van der Waals surface area contributed by atoms with Crippen molar-refractivity contribution in [1.82, 2.24) is 4.98 Å². The monoisotopic (exact) mass is 421 g/mol. The Bertz CT molecular complexity index is 1050. The van der Waals surface area contributed by atoms with Crippen molar-refractivity contribution in [2.24, 2.45) is 5.92 Å². The van der Waals surface area contributed by atoms with Gasteiger partial charge >= 0.3 is 5.97 Å². The van der Waals surface area contributed by atoms with Gasteiger partial charge in [-0.3, -0.25) is 4.79 Å². The first kappa shape index (κ1) is 20.6. The van der Waals surface area contributed by atoms with E-state index in [1.807, 2.05) is 13.0 Å². The second-order valence-corrected chi connectivity index (χ2v) is 9.35. The van der Waals surface area contributed by atoms with Gasteiger partial charge in [-0.2, -0.15) is 0 Å². The fourth-order valence-corrected chi connectivity index (χ4v) is 5.15. The lowest BCUT2D eigenvalue weighted by Gasteiger charge is -2.30. The van der Waals surface area contributed by atoms with E-state index < -0.39 is 5.97 Å². The summed E-state index contributed by atoms with van der Waals surface area (Å²) in [6.07, 6.45) is 2.18. The van der Waals surface area contributed by atoms with Crippen molar-refractivity contribution in [2.75, 3.05) is 0 Å². The number of carbonyl (C=O) groups is 1. The van der Waals surface area contributed by atoms with Crippen molar-refractivity contribution >= 4 is 17.3 Å². The molecule has 156 valence electrons. The number of rotatable bonds is 6. The van der Waals surface area contributed by atoms with Crippen molar-refractivity contribution in [2.45, 2.75) is 52.6 Å². The van der Waals surface area contributed by atoms with E-state index >= 15 is 0 Å². The normalized spacial score (nSPS) is 18.1. The first-order valence-electron chi connectivity index (χ1n) is 10.4. The van der Waals surface area contributed by atoms with Crippen LogP contribution in [0.1, 0.15) is 52.9 Å². The van der Waals surface area contributed by atoms with Crippen molar-refractivity contribution < 1.29 is 14.6 Å². The first-order chi connectivity index (χ1) is 14.4. The third-order valence-electron chi connectivity index (χ3n) is 6.03. The summed E-state index contributed by atoms with van der Waals surface area (Å²) in [4.78, 5) is 17.1. The number of aliphatic carboxylic acids is 1. The molecule has 4 nitrogen and oxygen atoms in total. The molecule has 0 spiro atoms. The molecule has 0 fully saturated rings. The lowest BCUT2D eigenvalue weighted by molar-refractivity contribution is -0.137. The van der Waals surface area contributed by atoms with Gasteiger partial charge in [0.2, 0.25) is 0 Å². The van der Waals surface area contributed by atoms with Crippen LogP contribution in [0.15, 0.2) is 42.5 Å². The van der Waals surface area contributed by atoms with E-state index in [0.29, 0.717) is 12.5 Å². The zero-order valence-electron chi connectivity index (χ0n) is 17.6. The molecule has 1 N–H and O–H groups in total. The molecule has 30 heavy (non-hydrogen) atoms. The highest BCUT2D eigenvalue weighted by molar-refractivity contribution is 7.15. The lowest BCUT2D eigenvalue weighted by atomic mass is 9.74. The standard InChI is InChI=1S/C25H27NO3S/c1-15-4-7-18(8-5-15)25-26-17(3)23(30-25)14-29-20-10-11-21-19(12-20)9-6-16(2)22(21)13-24(27)28/h4-5,7-8,10-12,16,22H,6,9,13-14H2,1-3H3,(H,27,28). The average molecular weight is 422 g/mol. The second-order valence-electron chi connectivity index (χ2n) is 8.26. The van der Waals surface area contributed by atoms with Crippen LogP contribution in [-0.4, -0.2) is 16.1 Å². The molecule has 0 amide bonds. The Kier molecular flexibility index (Phi) is 5.91. The minimum atomic E-state index is -0.731. The van der Waals surface area contributed by atoms with Crippen LogP contribution in [0.5, 0.6) is 5.75 Å². The Morgan fingerprint density at radius 2 is 1.97 bits per heavy atom. The number of ether oxygens (including phenoxy) is 1. The molecule has 5 heteroatoms. The summed E-state index contributed by atoms with van der Waals surface area (Å²) >= 11 is 1.67. The molecular weight excluding hydrogens is 394 g/mol. The summed E-state index contributed by atoms with van der Waals surface area (Å²) in [7, 11) is 0. The molecule has 0 radical (unpaired) electrons. The number of aromatic nitrogens is 1. The SMILES string of the molecule is Cc1ccc(-c2nc(C)c(COc3ccc4c(c3)CCC(C)C4CC(=O)O)s2)cc1. The minimum absolute atomic E-state index is 0.0844. The summed E-state index contributed by atoms with van der Waals surface area (Å²) < 4.78 is 6.10. The van der Waals surface area contributed by atoms with E-state index in [4.69, 9.17) is 9.72 Å². The number of carboxylic acids is 1. The van der Waals surface area contributed by atoms with Crippen LogP contribution in [0.3, 0.4) is 0 Å². The lowest BCUT2D eigenvalue weighted by Crippen LogP contribution is -2.21. The maximum Gasteiger partial charge on any atom is 0.303 e. The van der Waals surface area contributed by atoms with Crippen molar-refractivity contribution in [1.29, 1.82) is 0 Å². The number of hydrogen-bond acceptors (Lipinski definition) is 4. The van der Waals surface area contributed by atoms with Crippen LogP contribution >= 0.6 is 11.3 Å². The van der Waals surface area contributed by atoms with Crippen LogP contribution in [0, 0.1) is 19.8 Å². The fourth-order valence-electron chi connectivity index (χ4n) is 4.17. The number of fused-ring (bicyclic) bond motifs is 1. The zero-order chi connectivity index (χ0) is 21.3. The van der Waals surface area contributed by atoms with Gasteiger partial charge in [-0.15, -0.1) is 11.3 Å². The molecular formula is C25H27NO3S. The number of aryl methyl sites for hydroxylation is 3. The smallest absolute Gasteiger partial charge is 0.303 e. The van der Waals surface area contributed by atoms with Crippen LogP contribution < -0.4 is 4.74 Å². The average Bonchev–Trinajstić information content (AvgIpc) is 3.09. The largest absolute Gasteiger partial charge is 0.488 e. The van der Waals surface area contributed by atoms with E-state index in [9.17, 15) is 9.90 Å². The number of benzene rings is 2. The molecule has 1 aliphatic rings. The van der Waals surface area contributed by atoms with Crippen molar-refractivity contribution in [3.63, 3.8) is 0 Å². The summed E-state index contributed by atoms with van der Waals surface area (Å²) in [5.41, 5.74) is 5.76. The minimum Gasteiger partial charge on any atom is -0.488 e. The van der Waals surface area contributed by atoms with E-state index in [1.54, 1.807) is 11.3 Å². The van der Waals surface area contributed by atoms with Crippen molar-refractivity contribution in [3.8, 4) is 16.3 Å². The molecule has 0 saturated heterocycles. The van der Waals surface area contributed by atoms with Crippen LogP contribution in [-0.2, 0) is 17.8 Å². The fraction of sp³-hybridized carbons (Fsp3) is 0.360. The van der Waals surface area contributed by atoms with Gasteiger partial charge in [0.05, 0.1) is 17.0 Å².